The molecule has 1 aromatic rings. The van der Waals surface area contributed by atoms with Crippen molar-refractivity contribution in [3.63, 3.8) is 0 Å². The summed E-state index contributed by atoms with van der Waals surface area (Å²) >= 11 is 4.18. The van der Waals surface area contributed by atoms with E-state index >= 15 is 0 Å². The van der Waals surface area contributed by atoms with E-state index in [0.717, 1.165) is 12.2 Å². The molecule has 14 heavy (non-hydrogen) atoms. The average Bonchev–Trinajstić information content (AvgIpc) is 2.19. The highest BCUT2D eigenvalue weighted by Gasteiger charge is 2.01. The molecule has 0 spiro atoms. The molecular weight excluding hydrogens is 188 g/mol. The van der Waals surface area contributed by atoms with Crippen LogP contribution in [-0.2, 0) is 0 Å². The molecule has 0 fully saturated rings. The van der Waals surface area contributed by atoms with Gasteiger partial charge >= 0.3 is 0 Å². The molecule has 1 rings (SSSR count). The van der Waals surface area contributed by atoms with Crippen LogP contribution in [-0.4, -0.2) is 5.75 Å². The van der Waals surface area contributed by atoms with Crippen LogP contribution in [0.2, 0.25) is 0 Å². The zero-order valence-electron chi connectivity index (χ0n) is 8.90. The second-order valence-corrected chi connectivity index (χ2v) is 4.15. The predicted octanol–water partition coefficient (Wildman–Crippen LogP) is 4.14. The maximum Gasteiger partial charge on any atom is -0.00632 e. The van der Waals surface area contributed by atoms with Crippen LogP contribution in [0.3, 0.4) is 0 Å². The van der Waals surface area contributed by atoms with Gasteiger partial charge in [0.05, 0.1) is 0 Å². The summed E-state index contributed by atoms with van der Waals surface area (Å²) in [5.74, 6) is 1.51. The molecule has 0 amide bonds. The Hall–Kier alpha value is -0.690. The topological polar surface area (TPSA) is 0 Å². The van der Waals surface area contributed by atoms with Gasteiger partial charge in [0.15, 0.2) is 0 Å². The van der Waals surface area contributed by atoms with E-state index in [1.54, 1.807) is 0 Å². The zero-order valence-corrected chi connectivity index (χ0v) is 9.80. The third-order valence-electron chi connectivity index (χ3n) is 2.21. The second-order valence-electron chi connectivity index (χ2n) is 3.70. The summed E-state index contributed by atoms with van der Waals surface area (Å²) in [6.07, 6.45) is 5.43. The summed E-state index contributed by atoms with van der Waals surface area (Å²) in [7, 11) is 0. The van der Waals surface area contributed by atoms with Crippen molar-refractivity contribution in [1.29, 1.82) is 0 Å². The first-order valence-corrected chi connectivity index (χ1v) is 5.75. The smallest absolute Gasteiger partial charge is 0.00632 e. The number of hydrogen-bond acceptors (Lipinski definition) is 1. The van der Waals surface area contributed by atoms with E-state index in [1.807, 2.05) is 0 Å². The molecule has 76 valence electrons. The van der Waals surface area contributed by atoms with Crippen LogP contribution >= 0.6 is 12.6 Å². The van der Waals surface area contributed by atoms with E-state index in [2.05, 4.69) is 62.9 Å². The van der Waals surface area contributed by atoms with Crippen molar-refractivity contribution < 1.29 is 0 Å². The Bertz CT molecular complexity index is 300. The lowest BCUT2D eigenvalue weighted by atomic mass is 9.97. The molecule has 0 aromatic heterocycles. The van der Waals surface area contributed by atoms with Crippen molar-refractivity contribution in [2.24, 2.45) is 0 Å². The minimum Gasteiger partial charge on any atom is -0.179 e. The van der Waals surface area contributed by atoms with Gasteiger partial charge in [-0.1, -0.05) is 50.3 Å². The van der Waals surface area contributed by atoms with E-state index < -0.39 is 0 Å². The van der Waals surface area contributed by atoms with Gasteiger partial charge in [0.2, 0.25) is 0 Å². The molecular formula is C13H18S. The number of allylic oxidation sites excluding steroid dienone is 1. The average molecular weight is 206 g/mol. The lowest BCUT2D eigenvalue weighted by Crippen LogP contribution is -1.90. The summed E-state index contributed by atoms with van der Waals surface area (Å²) in [5.41, 5.74) is 2.76. The maximum absolute atomic E-state index is 4.18. The van der Waals surface area contributed by atoms with Crippen LogP contribution in [0.15, 0.2) is 30.3 Å². The summed E-state index contributed by atoms with van der Waals surface area (Å²) in [5, 5.41) is 0. The predicted molar refractivity (Wildman–Crippen MR) is 68.0 cm³/mol. The van der Waals surface area contributed by atoms with Crippen molar-refractivity contribution in [3.05, 3.63) is 41.5 Å². The van der Waals surface area contributed by atoms with Gasteiger partial charge in [0.25, 0.3) is 0 Å². The highest BCUT2D eigenvalue weighted by Crippen LogP contribution is 2.20. The summed E-state index contributed by atoms with van der Waals surface area (Å²) in [6, 6.07) is 8.56. The van der Waals surface area contributed by atoms with Gasteiger partial charge in [0.1, 0.15) is 0 Å². The fourth-order valence-electron chi connectivity index (χ4n) is 1.47. The molecule has 0 radical (unpaired) electrons. The molecule has 0 saturated heterocycles. The first-order chi connectivity index (χ1) is 6.75. The third-order valence-corrected chi connectivity index (χ3v) is 2.47. The fourth-order valence-corrected chi connectivity index (χ4v) is 1.62. The van der Waals surface area contributed by atoms with Crippen LogP contribution in [0.1, 0.15) is 37.3 Å². The van der Waals surface area contributed by atoms with E-state index in [1.165, 1.54) is 11.1 Å². The molecule has 0 bridgehead atoms. The van der Waals surface area contributed by atoms with E-state index in [-0.39, 0.29) is 0 Å². The molecule has 1 aromatic carbocycles. The summed E-state index contributed by atoms with van der Waals surface area (Å²) < 4.78 is 0. The van der Waals surface area contributed by atoms with E-state index in [0.29, 0.717) is 5.92 Å². The largest absolute Gasteiger partial charge is 0.179 e. The first kappa shape index (κ1) is 11.4. The van der Waals surface area contributed by atoms with Gasteiger partial charge in [-0.15, -0.1) is 0 Å². The Kier molecular flexibility index (Phi) is 4.81. The van der Waals surface area contributed by atoms with E-state index in [9.17, 15) is 0 Å². The third kappa shape index (κ3) is 3.22. The zero-order chi connectivity index (χ0) is 10.4. The fraction of sp³-hybridized carbons (Fsp3) is 0.385. The number of thiol groups is 1. The maximum atomic E-state index is 4.18. The summed E-state index contributed by atoms with van der Waals surface area (Å²) in [6.45, 7) is 4.45. The quantitative estimate of drug-likeness (QED) is 0.703. The van der Waals surface area contributed by atoms with Gasteiger partial charge in [-0.05, 0) is 29.2 Å². The Morgan fingerprint density at radius 3 is 2.64 bits per heavy atom. The molecule has 0 unspecified atom stereocenters. The minimum atomic E-state index is 0.590. The van der Waals surface area contributed by atoms with E-state index in [4.69, 9.17) is 0 Å². The van der Waals surface area contributed by atoms with Crippen molar-refractivity contribution in [2.45, 2.75) is 26.2 Å². The highest BCUT2D eigenvalue weighted by atomic mass is 32.1. The van der Waals surface area contributed by atoms with Crippen LogP contribution in [0.25, 0.3) is 6.08 Å². The van der Waals surface area contributed by atoms with Crippen LogP contribution in [0, 0.1) is 0 Å². The standard InChI is InChI=1S/C13H18S/c1-11(2)13-9-4-3-7-12(13)8-5-6-10-14/h3-5,7-9,11,14H,6,10H2,1-2H3. The number of hydrogen-bond donors (Lipinski definition) is 1. The highest BCUT2D eigenvalue weighted by molar-refractivity contribution is 7.80. The molecule has 0 nitrogen and oxygen atoms in total. The number of rotatable bonds is 4. The van der Waals surface area contributed by atoms with Crippen LogP contribution in [0.5, 0.6) is 0 Å². The van der Waals surface area contributed by atoms with Crippen molar-refractivity contribution in [1.82, 2.24) is 0 Å². The molecule has 0 aliphatic rings. The minimum absolute atomic E-state index is 0.590. The Labute approximate surface area is 92.5 Å². The molecule has 1 heteroatoms. The van der Waals surface area contributed by atoms with Gasteiger partial charge in [-0.2, -0.15) is 12.6 Å². The van der Waals surface area contributed by atoms with Crippen molar-refractivity contribution in [3.8, 4) is 0 Å². The molecule has 0 heterocycles. The van der Waals surface area contributed by atoms with Gasteiger partial charge in [0, 0.05) is 0 Å². The Balaban J connectivity index is 2.84. The number of benzene rings is 1. The molecule has 0 saturated carbocycles. The monoisotopic (exact) mass is 206 g/mol. The second kappa shape index (κ2) is 5.92. The molecule has 0 aliphatic heterocycles. The first-order valence-electron chi connectivity index (χ1n) is 5.12. The SMILES string of the molecule is CC(C)c1ccccc1C=CCCS. The van der Waals surface area contributed by atoms with Crippen LogP contribution < -0.4 is 0 Å². The Morgan fingerprint density at radius 1 is 1.29 bits per heavy atom. The lowest BCUT2D eigenvalue weighted by molar-refractivity contribution is 0.864. The van der Waals surface area contributed by atoms with Crippen LogP contribution in [0.4, 0.5) is 0 Å². The lowest BCUT2D eigenvalue weighted by Gasteiger charge is -2.08. The van der Waals surface area contributed by atoms with Gasteiger partial charge < -0.3 is 0 Å². The molecule has 0 aliphatic carbocycles. The normalized spacial score (nSPS) is 11.4. The Morgan fingerprint density at radius 2 is 2.00 bits per heavy atom. The van der Waals surface area contributed by atoms with Gasteiger partial charge in [-0.3, -0.25) is 0 Å². The molecule has 0 N–H and O–H groups in total. The van der Waals surface area contributed by atoms with Gasteiger partial charge in [-0.25, -0.2) is 0 Å². The summed E-state index contributed by atoms with van der Waals surface area (Å²) in [4.78, 5) is 0. The van der Waals surface area contributed by atoms with Crippen molar-refractivity contribution >= 4 is 18.7 Å². The van der Waals surface area contributed by atoms with Crippen molar-refractivity contribution in [2.75, 3.05) is 5.75 Å². The molecule has 0 atom stereocenters.